The molecule has 2 atom stereocenters. The van der Waals surface area contributed by atoms with Crippen molar-refractivity contribution in [3.05, 3.63) is 34.3 Å². The Hall–Kier alpha value is -0.870. The van der Waals surface area contributed by atoms with Crippen LogP contribution in [-0.4, -0.2) is 34.6 Å². The smallest absolute Gasteiger partial charge is 0.226 e. The van der Waals surface area contributed by atoms with Gasteiger partial charge in [0.05, 0.1) is 6.10 Å². The van der Waals surface area contributed by atoms with Crippen LogP contribution in [0.25, 0.3) is 0 Å². The molecule has 112 valence electrons. The number of aliphatic hydroxyl groups excluding tert-OH is 1. The molecule has 1 aromatic carbocycles. The van der Waals surface area contributed by atoms with E-state index in [1.807, 2.05) is 45.0 Å². The van der Waals surface area contributed by atoms with Crippen molar-refractivity contribution >= 4 is 21.8 Å². The van der Waals surface area contributed by atoms with E-state index in [2.05, 4.69) is 15.9 Å². The summed E-state index contributed by atoms with van der Waals surface area (Å²) < 4.78 is 1.04. The van der Waals surface area contributed by atoms with Gasteiger partial charge < -0.3 is 10.0 Å². The number of hydrogen-bond acceptors (Lipinski definition) is 2. The number of carbonyl (C=O) groups is 1. The lowest BCUT2D eigenvalue weighted by molar-refractivity contribution is -0.138. The van der Waals surface area contributed by atoms with E-state index in [0.717, 1.165) is 16.5 Å². The maximum absolute atomic E-state index is 12.5. The van der Waals surface area contributed by atoms with Crippen LogP contribution in [0.5, 0.6) is 0 Å². The van der Waals surface area contributed by atoms with Crippen LogP contribution in [0.1, 0.15) is 33.3 Å². The third kappa shape index (κ3) is 5.25. The molecule has 3 nitrogen and oxygen atoms in total. The van der Waals surface area contributed by atoms with Gasteiger partial charge in [-0.1, -0.05) is 35.0 Å². The molecule has 1 amide bonds. The molecule has 4 heteroatoms. The van der Waals surface area contributed by atoms with Gasteiger partial charge in [0.2, 0.25) is 5.91 Å². The summed E-state index contributed by atoms with van der Waals surface area (Å²) >= 11 is 3.41. The van der Waals surface area contributed by atoms with E-state index in [1.54, 1.807) is 11.8 Å². The molecule has 20 heavy (non-hydrogen) atoms. The molecule has 0 fully saturated rings. The van der Waals surface area contributed by atoms with Crippen LogP contribution in [0.2, 0.25) is 0 Å². The van der Waals surface area contributed by atoms with E-state index >= 15 is 0 Å². The Morgan fingerprint density at radius 2 is 1.75 bits per heavy atom. The van der Waals surface area contributed by atoms with E-state index in [1.165, 1.54) is 0 Å². The van der Waals surface area contributed by atoms with Gasteiger partial charge in [-0.3, -0.25) is 4.79 Å². The van der Waals surface area contributed by atoms with Crippen molar-refractivity contribution < 1.29 is 9.90 Å². The Kier molecular flexibility index (Phi) is 6.69. The first-order chi connectivity index (χ1) is 9.31. The maximum Gasteiger partial charge on any atom is 0.226 e. The predicted octanol–water partition coefficient (Wildman–Crippen LogP) is 3.25. The number of rotatable bonds is 6. The first-order valence-electron chi connectivity index (χ1n) is 7.04. The van der Waals surface area contributed by atoms with E-state index < -0.39 is 6.10 Å². The summed E-state index contributed by atoms with van der Waals surface area (Å²) in [5.41, 5.74) is 1.15. The lowest BCUT2D eigenvalue weighted by atomic mass is 9.99. The Balaban J connectivity index is 2.71. The Morgan fingerprint density at radius 1 is 1.20 bits per heavy atom. The first kappa shape index (κ1) is 17.2. The highest BCUT2D eigenvalue weighted by atomic mass is 79.9. The van der Waals surface area contributed by atoms with Crippen LogP contribution in [0.3, 0.4) is 0 Å². The number of nitrogens with zero attached hydrogens (tertiary/aromatic N) is 1. The summed E-state index contributed by atoms with van der Waals surface area (Å²) in [7, 11) is 0. The Labute approximate surface area is 130 Å². The van der Waals surface area contributed by atoms with Crippen molar-refractivity contribution in [1.82, 2.24) is 4.90 Å². The van der Waals surface area contributed by atoms with Crippen molar-refractivity contribution in [2.24, 2.45) is 5.92 Å². The zero-order valence-electron chi connectivity index (χ0n) is 12.6. The molecule has 0 aromatic heterocycles. The Morgan fingerprint density at radius 3 is 2.20 bits per heavy atom. The Bertz CT molecular complexity index is 429. The van der Waals surface area contributed by atoms with E-state index in [-0.39, 0.29) is 17.9 Å². The summed E-state index contributed by atoms with van der Waals surface area (Å²) in [5, 5.41) is 9.52. The van der Waals surface area contributed by atoms with Crippen LogP contribution in [-0.2, 0) is 11.2 Å². The summed E-state index contributed by atoms with van der Waals surface area (Å²) in [6.07, 6.45) is 0.219. The molecular weight excluding hydrogens is 318 g/mol. The molecular formula is C16H24BrNO2. The standard InChI is InChI=1S/C16H24BrNO2/c1-11(2)18(10-13(4)19)16(20)12(3)9-14-5-7-15(17)8-6-14/h5-8,11-13,19H,9-10H2,1-4H3. The second-order valence-corrected chi connectivity index (χ2v) is 6.58. The maximum atomic E-state index is 12.5. The summed E-state index contributed by atoms with van der Waals surface area (Å²) in [6.45, 7) is 8.00. The molecule has 2 unspecified atom stereocenters. The van der Waals surface area contributed by atoms with Crippen LogP contribution in [0.15, 0.2) is 28.7 Å². The van der Waals surface area contributed by atoms with E-state index in [0.29, 0.717) is 6.54 Å². The fourth-order valence-corrected chi connectivity index (χ4v) is 2.45. The van der Waals surface area contributed by atoms with E-state index in [9.17, 15) is 9.90 Å². The fourth-order valence-electron chi connectivity index (χ4n) is 2.18. The number of amides is 1. The molecule has 1 aromatic rings. The van der Waals surface area contributed by atoms with Gasteiger partial charge in [0, 0.05) is 23.0 Å². The van der Waals surface area contributed by atoms with Crippen molar-refractivity contribution in [2.75, 3.05) is 6.54 Å². The minimum Gasteiger partial charge on any atom is -0.392 e. The van der Waals surface area contributed by atoms with E-state index in [4.69, 9.17) is 0 Å². The zero-order chi connectivity index (χ0) is 15.3. The largest absolute Gasteiger partial charge is 0.392 e. The lowest BCUT2D eigenvalue weighted by Crippen LogP contribution is -2.44. The average molecular weight is 342 g/mol. The van der Waals surface area contributed by atoms with Gasteiger partial charge in [-0.2, -0.15) is 0 Å². The van der Waals surface area contributed by atoms with Gasteiger partial charge in [-0.25, -0.2) is 0 Å². The van der Waals surface area contributed by atoms with Crippen molar-refractivity contribution in [1.29, 1.82) is 0 Å². The number of hydrogen-bond donors (Lipinski definition) is 1. The molecule has 0 spiro atoms. The molecule has 0 aliphatic carbocycles. The fraction of sp³-hybridized carbons (Fsp3) is 0.562. The van der Waals surface area contributed by atoms with Gasteiger partial charge in [0.25, 0.3) is 0 Å². The van der Waals surface area contributed by atoms with Crippen LogP contribution in [0.4, 0.5) is 0 Å². The monoisotopic (exact) mass is 341 g/mol. The lowest BCUT2D eigenvalue weighted by Gasteiger charge is -2.30. The molecule has 0 saturated heterocycles. The van der Waals surface area contributed by atoms with Crippen LogP contribution >= 0.6 is 15.9 Å². The van der Waals surface area contributed by atoms with Gasteiger partial charge >= 0.3 is 0 Å². The van der Waals surface area contributed by atoms with Gasteiger partial charge in [-0.15, -0.1) is 0 Å². The molecule has 0 radical (unpaired) electrons. The van der Waals surface area contributed by atoms with Crippen LogP contribution in [0, 0.1) is 5.92 Å². The molecule has 1 N–H and O–H groups in total. The highest BCUT2D eigenvalue weighted by Gasteiger charge is 2.23. The quantitative estimate of drug-likeness (QED) is 0.862. The third-order valence-corrected chi connectivity index (χ3v) is 3.77. The van der Waals surface area contributed by atoms with Crippen molar-refractivity contribution in [3.63, 3.8) is 0 Å². The third-order valence-electron chi connectivity index (χ3n) is 3.24. The zero-order valence-corrected chi connectivity index (χ0v) is 14.2. The van der Waals surface area contributed by atoms with Crippen LogP contribution < -0.4 is 0 Å². The minimum absolute atomic E-state index is 0.0858. The summed E-state index contributed by atoms with van der Waals surface area (Å²) in [4.78, 5) is 14.3. The molecule has 0 aliphatic rings. The average Bonchev–Trinajstić information content (AvgIpc) is 2.37. The summed E-state index contributed by atoms with van der Waals surface area (Å²) in [6, 6.07) is 8.14. The SMILES string of the molecule is CC(O)CN(C(=O)C(C)Cc1ccc(Br)cc1)C(C)C. The normalized spacial score (nSPS) is 14.2. The van der Waals surface area contributed by atoms with Crippen molar-refractivity contribution in [3.8, 4) is 0 Å². The van der Waals surface area contributed by atoms with Gasteiger partial charge in [0.1, 0.15) is 0 Å². The topological polar surface area (TPSA) is 40.5 Å². The molecule has 0 bridgehead atoms. The second kappa shape index (κ2) is 7.79. The highest BCUT2D eigenvalue weighted by molar-refractivity contribution is 9.10. The molecule has 0 saturated carbocycles. The number of halogens is 1. The first-order valence-corrected chi connectivity index (χ1v) is 7.83. The number of benzene rings is 1. The van der Waals surface area contributed by atoms with Crippen molar-refractivity contribution in [2.45, 2.75) is 46.3 Å². The molecule has 1 rings (SSSR count). The molecule has 0 heterocycles. The highest BCUT2D eigenvalue weighted by Crippen LogP contribution is 2.16. The predicted molar refractivity (Wildman–Crippen MR) is 85.5 cm³/mol. The molecule has 0 aliphatic heterocycles. The van der Waals surface area contributed by atoms with Gasteiger partial charge in [0.15, 0.2) is 0 Å². The van der Waals surface area contributed by atoms with Gasteiger partial charge in [-0.05, 0) is 44.9 Å². The number of carbonyl (C=O) groups excluding carboxylic acids is 1. The summed E-state index contributed by atoms with van der Waals surface area (Å²) in [5.74, 6) is 0.0149. The number of aliphatic hydroxyl groups is 1. The minimum atomic E-state index is -0.499. The second-order valence-electron chi connectivity index (χ2n) is 5.67.